The van der Waals surface area contributed by atoms with E-state index in [1.54, 1.807) is 24.3 Å². The Labute approximate surface area is 153 Å². The van der Waals surface area contributed by atoms with E-state index in [1.807, 2.05) is 0 Å². The van der Waals surface area contributed by atoms with Crippen LogP contribution >= 0.6 is 11.6 Å². The summed E-state index contributed by atoms with van der Waals surface area (Å²) in [5.74, 6) is -0.838. The van der Waals surface area contributed by atoms with E-state index in [2.05, 4.69) is 0 Å². The Morgan fingerprint density at radius 2 is 2.00 bits per heavy atom. The third kappa shape index (κ3) is 3.92. The molecular formula is C17H13ClN2O6. The number of fused-ring (bicyclic) bond motifs is 1. The molecule has 2 aromatic carbocycles. The summed E-state index contributed by atoms with van der Waals surface area (Å²) in [6, 6.07) is 10.6. The van der Waals surface area contributed by atoms with Crippen molar-refractivity contribution in [3.8, 4) is 5.75 Å². The minimum Gasteiger partial charge on any atom is -0.482 e. The van der Waals surface area contributed by atoms with Gasteiger partial charge in [0.2, 0.25) is 0 Å². The predicted octanol–water partition coefficient (Wildman–Crippen LogP) is 2.72. The Morgan fingerprint density at radius 3 is 2.69 bits per heavy atom. The standard InChI is InChI=1S/C17H13ClN2O6/c18-12-3-1-11(2-4-12)9-26-17(22)8-19-14-7-13(20(23)24)5-6-15(14)25-10-16(19)21/h1-7H,8-10H2. The molecule has 1 amide bonds. The topological polar surface area (TPSA) is 99.0 Å². The lowest BCUT2D eigenvalue weighted by Gasteiger charge is -2.28. The number of hydrogen-bond donors (Lipinski definition) is 0. The van der Waals surface area contributed by atoms with Gasteiger partial charge < -0.3 is 9.47 Å². The average Bonchev–Trinajstić information content (AvgIpc) is 2.63. The van der Waals surface area contributed by atoms with E-state index in [9.17, 15) is 19.7 Å². The summed E-state index contributed by atoms with van der Waals surface area (Å²) < 4.78 is 10.4. The number of nitro groups is 1. The molecule has 0 atom stereocenters. The Bertz CT molecular complexity index is 868. The van der Waals surface area contributed by atoms with Crippen molar-refractivity contribution in [2.45, 2.75) is 6.61 Å². The van der Waals surface area contributed by atoms with Gasteiger partial charge in [0.15, 0.2) is 6.61 Å². The highest BCUT2D eigenvalue weighted by molar-refractivity contribution is 6.30. The van der Waals surface area contributed by atoms with Crippen molar-refractivity contribution in [2.24, 2.45) is 0 Å². The van der Waals surface area contributed by atoms with Crippen molar-refractivity contribution in [3.63, 3.8) is 0 Å². The zero-order valence-corrected chi connectivity index (χ0v) is 14.1. The zero-order chi connectivity index (χ0) is 18.7. The van der Waals surface area contributed by atoms with Gasteiger partial charge in [-0.2, -0.15) is 0 Å². The number of anilines is 1. The maximum absolute atomic E-state index is 12.1. The highest BCUT2D eigenvalue weighted by Crippen LogP contribution is 2.35. The maximum Gasteiger partial charge on any atom is 0.326 e. The molecule has 134 valence electrons. The zero-order valence-electron chi connectivity index (χ0n) is 13.4. The molecule has 0 saturated carbocycles. The number of halogens is 1. The number of non-ortho nitro benzene ring substituents is 1. The lowest BCUT2D eigenvalue weighted by Crippen LogP contribution is -2.42. The third-order valence-corrected chi connectivity index (χ3v) is 3.95. The fraction of sp³-hybridized carbons (Fsp3) is 0.176. The summed E-state index contributed by atoms with van der Waals surface area (Å²) in [5.41, 5.74) is 0.701. The van der Waals surface area contributed by atoms with Crippen LogP contribution in [0, 0.1) is 10.1 Å². The minimum atomic E-state index is -0.646. The summed E-state index contributed by atoms with van der Waals surface area (Å²) in [7, 11) is 0. The molecule has 9 heteroatoms. The summed E-state index contributed by atoms with van der Waals surface area (Å²) in [6.45, 7) is -0.602. The van der Waals surface area contributed by atoms with E-state index in [1.165, 1.54) is 18.2 Å². The normalized spacial score (nSPS) is 13.0. The Kier molecular flexibility index (Phi) is 5.04. The molecule has 0 radical (unpaired) electrons. The summed E-state index contributed by atoms with van der Waals surface area (Å²) in [6.07, 6.45) is 0. The highest BCUT2D eigenvalue weighted by Gasteiger charge is 2.29. The lowest BCUT2D eigenvalue weighted by molar-refractivity contribution is -0.384. The molecule has 8 nitrogen and oxygen atoms in total. The molecule has 0 spiro atoms. The van der Waals surface area contributed by atoms with E-state index >= 15 is 0 Å². The highest BCUT2D eigenvalue weighted by atomic mass is 35.5. The second-order valence-electron chi connectivity index (χ2n) is 5.46. The van der Waals surface area contributed by atoms with E-state index in [0.29, 0.717) is 10.8 Å². The Balaban J connectivity index is 1.71. The van der Waals surface area contributed by atoms with E-state index in [4.69, 9.17) is 21.1 Å². The van der Waals surface area contributed by atoms with Crippen molar-refractivity contribution in [1.29, 1.82) is 0 Å². The largest absolute Gasteiger partial charge is 0.482 e. The van der Waals surface area contributed by atoms with Gasteiger partial charge in [0.1, 0.15) is 18.9 Å². The first-order valence-electron chi connectivity index (χ1n) is 7.56. The van der Waals surface area contributed by atoms with Gasteiger partial charge in [-0.1, -0.05) is 23.7 Å². The van der Waals surface area contributed by atoms with Gasteiger partial charge in [0.05, 0.1) is 10.6 Å². The van der Waals surface area contributed by atoms with E-state index < -0.39 is 16.8 Å². The minimum absolute atomic E-state index is 0.0241. The maximum atomic E-state index is 12.1. The fourth-order valence-electron chi connectivity index (χ4n) is 2.40. The first-order valence-corrected chi connectivity index (χ1v) is 7.93. The predicted molar refractivity (Wildman–Crippen MR) is 92.2 cm³/mol. The molecule has 0 bridgehead atoms. The number of amides is 1. The number of esters is 1. The van der Waals surface area contributed by atoms with Crippen LogP contribution in [0.25, 0.3) is 0 Å². The number of hydrogen-bond acceptors (Lipinski definition) is 6. The first kappa shape index (κ1) is 17.7. The Hall–Kier alpha value is -3.13. The van der Waals surface area contributed by atoms with Gasteiger partial charge in [0, 0.05) is 17.2 Å². The lowest BCUT2D eigenvalue weighted by atomic mass is 10.2. The van der Waals surface area contributed by atoms with Crippen LogP contribution in [0.3, 0.4) is 0 Å². The molecule has 1 heterocycles. The molecule has 3 rings (SSSR count). The van der Waals surface area contributed by atoms with Crippen LogP contribution in [-0.4, -0.2) is 30.0 Å². The monoisotopic (exact) mass is 376 g/mol. The van der Waals surface area contributed by atoms with E-state index in [0.717, 1.165) is 10.5 Å². The molecule has 0 unspecified atom stereocenters. The van der Waals surface area contributed by atoms with Crippen molar-refractivity contribution < 1.29 is 24.0 Å². The quantitative estimate of drug-likeness (QED) is 0.452. The van der Waals surface area contributed by atoms with Crippen LogP contribution in [-0.2, 0) is 20.9 Å². The van der Waals surface area contributed by atoms with Crippen LogP contribution in [0.4, 0.5) is 11.4 Å². The molecule has 0 aliphatic carbocycles. The molecular weight excluding hydrogens is 364 g/mol. The van der Waals surface area contributed by atoms with Gasteiger partial charge in [-0.15, -0.1) is 0 Å². The molecule has 1 aliphatic rings. The van der Waals surface area contributed by atoms with Crippen LogP contribution < -0.4 is 9.64 Å². The summed E-state index contributed by atoms with van der Waals surface area (Å²) in [5, 5.41) is 11.5. The SMILES string of the molecule is O=C(CN1C(=O)COc2ccc([N+](=O)[O-])cc21)OCc1ccc(Cl)cc1. The van der Waals surface area contributed by atoms with E-state index in [-0.39, 0.29) is 31.1 Å². The average molecular weight is 377 g/mol. The van der Waals surface area contributed by atoms with Gasteiger partial charge in [-0.05, 0) is 23.8 Å². The molecule has 1 aliphatic heterocycles. The summed E-state index contributed by atoms with van der Waals surface area (Å²) in [4.78, 5) is 35.7. The van der Waals surface area contributed by atoms with Gasteiger partial charge in [-0.25, -0.2) is 0 Å². The van der Waals surface area contributed by atoms with Crippen molar-refractivity contribution in [2.75, 3.05) is 18.1 Å². The van der Waals surface area contributed by atoms with Gasteiger partial charge in [0.25, 0.3) is 11.6 Å². The second kappa shape index (κ2) is 7.40. The summed E-state index contributed by atoms with van der Waals surface area (Å²) >= 11 is 5.79. The number of carbonyl (C=O) groups is 2. The molecule has 0 fully saturated rings. The number of ether oxygens (including phenoxy) is 2. The van der Waals surface area contributed by atoms with Crippen molar-refractivity contribution >= 4 is 34.9 Å². The van der Waals surface area contributed by atoms with Crippen molar-refractivity contribution in [1.82, 2.24) is 0 Å². The third-order valence-electron chi connectivity index (χ3n) is 3.70. The second-order valence-corrected chi connectivity index (χ2v) is 5.90. The molecule has 0 N–H and O–H groups in total. The molecule has 2 aromatic rings. The van der Waals surface area contributed by atoms with Gasteiger partial charge in [-0.3, -0.25) is 24.6 Å². The van der Waals surface area contributed by atoms with Crippen LogP contribution in [0.1, 0.15) is 5.56 Å². The fourth-order valence-corrected chi connectivity index (χ4v) is 2.52. The number of carbonyl (C=O) groups excluding carboxylic acids is 2. The molecule has 26 heavy (non-hydrogen) atoms. The first-order chi connectivity index (χ1) is 12.4. The van der Waals surface area contributed by atoms with Gasteiger partial charge >= 0.3 is 5.97 Å². The molecule has 0 saturated heterocycles. The van der Waals surface area contributed by atoms with Crippen LogP contribution in [0.15, 0.2) is 42.5 Å². The molecule has 0 aromatic heterocycles. The van der Waals surface area contributed by atoms with Crippen LogP contribution in [0.2, 0.25) is 5.02 Å². The number of nitrogens with zero attached hydrogens (tertiary/aromatic N) is 2. The number of nitro benzene ring substituents is 1. The Morgan fingerprint density at radius 1 is 1.27 bits per heavy atom. The number of rotatable bonds is 5. The van der Waals surface area contributed by atoms with Crippen LogP contribution in [0.5, 0.6) is 5.75 Å². The smallest absolute Gasteiger partial charge is 0.326 e. The van der Waals surface area contributed by atoms with Crippen molar-refractivity contribution in [3.05, 3.63) is 63.2 Å². The number of benzene rings is 2.